The summed E-state index contributed by atoms with van der Waals surface area (Å²) in [5.41, 5.74) is 5.09. The predicted octanol–water partition coefficient (Wildman–Crippen LogP) is 5.72. The first-order valence-electron chi connectivity index (χ1n) is 8.38. The Kier molecular flexibility index (Phi) is 5.58. The number of rotatable bonds is 7. The quantitative estimate of drug-likeness (QED) is 0.545. The number of hydrogen-bond acceptors (Lipinski definition) is 7. The van der Waals surface area contributed by atoms with Crippen LogP contribution >= 0.6 is 22.7 Å². The predicted molar refractivity (Wildman–Crippen MR) is 115 cm³/mol. The SMILES string of the molecule is C=C(CC)Nc1nc(C)c(-c2csc(Nc3ccc(N(C)C)cc3)n2)s1. The Labute approximate surface area is 162 Å². The molecule has 0 aliphatic rings. The van der Waals surface area contributed by atoms with Gasteiger partial charge in [0.1, 0.15) is 0 Å². The maximum atomic E-state index is 4.72. The van der Waals surface area contributed by atoms with Crippen molar-refractivity contribution < 1.29 is 0 Å². The third kappa shape index (κ3) is 4.23. The standard InChI is InChI=1S/C19H23N5S2/c1-6-12(2)20-19-21-13(3)17(26-19)16-11-25-18(23-16)22-14-7-9-15(10-8-14)24(4)5/h7-11H,2,6H2,1,3-5H3,(H,20,21)(H,22,23). The second-order valence-corrected chi connectivity index (χ2v) is 7.98. The van der Waals surface area contributed by atoms with Crippen LogP contribution in [-0.4, -0.2) is 24.1 Å². The van der Waals surface area contributed by atoms with E-state index in [1.54, 1.807) is 22.7 Å². The first kappa shape index (κ1) is 18.4. The van der Waals surface area contributed by atoms with Gasteiger partial charge in [-0.05, 0) is 37.6 Å². The highest BCUT2D eigenvalue weighted by Gasteiger charge is 2.13. The number of benzene rings is 1. The largest absolute Gasteiger partial charge is 0.378 e. The van der Waals surface area contributed by atoms with E-state index in [0.717, 1.165) is 44.3 Å². The molecule has 5 nitrogen and oxygen atoms in total. The fourth-order valence-electron chi connectivity index (χ4n) is 2.33. The van der Waals surface area contributed by atoms with Crippen LogP contribution in [0.5, 0.6) is 0 Å². The molecule has 1 aromatic carbocycles. The fourth-order valence-corrected chi connectivity index (χ4v) is 4.10. The Hall–Kier alpha value is -2.38. The molecule has 0 aliphatic heterocycles. The summed E-state index contributed by atoms with van der Waals surface area (Å²) >= 11 is 3.20. The Morgan fingerprint density at radius 1 is 1.15 bits per heavy atom. The lowest BCUT2D eigenvalue weighted by Gasteiger charge is -2.12. The third-order valence-electron chi connectivity index (χ3n) is 3.88. The van der Waals surface area contributed by atoms with Crippen molar-refractivity contribution in [1.29, 1.82) is 0 Å². The summed E-state index contributed by atoms with van der Waals surface area (Å²) in [6.45, 7) is 8.06. The summed E-state index contributed by atoms with van der Waals surface area (Å²) in [7, 11) is 4.07. The Bertz CT molecular complexity index is 893. The number of thiazole rings is 2. The molecule has 0 radical (unpaired) electrons. The minimum absolute atomic E-state index is 0.867. The van der Waals surface area contributed by atoms with Crippen LogP contribution in [0, 0.1) is 6.92 Å². The van der Waals surface area contributed by atoms with Gasteiger partial charge in [0, 0.05) is 36.5 Å². The van der Waals surface area contributed by atoms with Gasteiger partial charge in [-0.3, -0.25) is 0 Å². The summed E-state index contributed by atoms with van der Waals surface area (Å²) in [6.07, 6.45) is 0.880. The number of allylic oxidation sites excluding steroid dienone is 1. The number of nitrogens with one attached hydrogen (secondary N) is 2. The zero-order valence-corrected chi connectivity index (χ0v) is 17.1. The molecule has 3 aromatic rings. The lowest BCUT2D eigenvalue weighted by Crippen LogP contribution is -2.08. The second-order valence-electron chi connectivity index (χ2n) is 6.12. The van der Waals surface area contributed by atoms with Crippen molar-refractivity contribution in [2.75, 3.05) is 29.6 Å². The van der Waals surface area contributed by atoms with E-state index in [1.807, 2.05) is 21.0 Å². The summed E-state index contributed by atoms with van der Waals surface area (Å²) in [5, 5.41) is 10.4. The second kappa shape index (κ2) is 7.88. The van der Waals surface area contributed by atoms with Crippen molar-refractivity contribution in [1.82, 2.24) is 9.97 Å². The van der Waals surface area contributed by atoms with Crippen molar-refractivity contribution >= 4 is 44.3 Å². The van der Waals surface area contributed by atoms with Crippen molar-refractivity contribution in [3.8, 4) is 10.6 Å². The molecule has 0 spiro atoms. The molecule has 7 heteroatoms. The topological polar surface area (TPSA) is 53.1 Å². The highest BCUT2D eigenvalue weighted by molar-refractivity contribution is 7.19. The van der Waals surface area contributed by atoms with Gasteiger partial charge < -0.3 is 15.5 Å². The lowest BCUT2D eigenvalue weighted by molar-refractivity contribution is 1.10. The Morgan fingerprint density at radius 3 is 2.54 bits per heavy atom. The van der Waals surface area contributed by atoms with Crippen molar-refractivity contribution in [3.63, 3.8) is 0 Å². The van der Waals surface area contributed by atoms with Crippen molar-refractivity contribution in [2.45, 2.75) is 20.3 Å². The van der Waals surface area contributed by atoms with Gasteiger partial charge in [0.05, 0.1) is 16.3 Å². The molecule has 0 amide bonds. The molecule has 0 unspecified atom stereocenters. The van der Waals surface area contributed by atoms with Gasteiger partial charge in [-0.2, -0.15) is 0 Å². The van der Waals surface area contributed by atoms with E-state index in [2.05, 4.69) is 63.7 Å². The summed E-state index contributed by atoms with van der Waals surface area (Å²) in [5.74, 6) is 0. The number of nitrogens with zero attached hydrogens (tertiary/aromatic N) is 3. The first-order valence-corrected chi connectivity index (χ1v) is 10.1. The summed E-state index contributed by atoms with van der Waals surface area (Å²) < 4.78 is 0. The van der Waals surface area contributed by atoms with Gasteiger partial charge in [0.15, 0.2) is 10.3 Å². The lowest BCUT2D eigenvalue weighted by atomic mass is 10.2. The molecule has 0 aliphatic carbocycles. The van der Waals surface area contributed by atoms with E-state index in [4.69, 9.17) is 4.98 Å². The number of anilines is 4. The molecule has 0 fully saturated rings. The van der Waals surface area contributed by atoms with E-state index in [1.165, 1.54) is 5.69 Å². The number of aryl methyl sites for hydroxylation is 1. The van der Waals surface area contributed by atoms with Gasteiger partial charge in [0.25, 0.3) is 0 Å². The van der Waals surface area contributed by atoms with Crippen LogP contribution < -0.4 is 15.5 Å². The fraction of sp³-hybridized carbons (Fsp3) is 0.263. The monoisotopic (exact) mass is 385 g/mol. The van der Waals surface area contributed by atoms with E-state index >= 15 is 0 Å². The van der Waals surface area contributed by atoms with Crippen LogP contribution in [0.15, 0.2) is 41.9 Å². The number of hydrogen-bond donors (Lipinski definition) is 2. The minimum atomic E-state index is 0.867. The van der Waals surface area contributed by atoms with Gasteiger partial charge in [0.2, 0.25) is 0 Å². The third-order valence-corrected chi connectivity index (χ3v) is 5.73. The molecule has 136 valence electrons. The highest BCUT2D eigenvalue weighted by atomic mass is 32.1. The molecular weight excluding hydrogens is 362 g/mol. The zero-order chi connectivity index (χ0) is 18.7. The molecule has 3 rings (SSSR count). The highest BCUT2D eigenvalue weighted by Crippen LogP contribution is 2.35. The molecule has 0 saturated carbocycles. The van der Waals surface area contributed by atoms with Gasteiger partial charge in [-0.1, -0.05) is 24.8 Å². The maximum Gasteiger partial charge on any atom is 0.187 e. The van der Waals surface area contributed by atoms with Crippen LogP contribution in [0.3, 0.4) is 0 Å². The van der Waals surface area contributed by atoms with E-state index in [0.29, 0.717) is 0 Å². The van der Waals surface area contributed by atoms with E-state index in [9.17, 15) is 0 Å². The molecule has 2 N–H and O–H groups in total. The summed E-state index contributed by atoms with van der Waals surface area (Å²) in [6, 6.07) is 8.30. The van der Waals surface area contributed by atoms with Crippen LogP contribution in [0.2, 0.25) is 0 Å². The maximum absolute atomic E-state index is 4.72. The molecular formula is C19H23N5S2. The van der Waals surface area contributed by atoms with Gasteiger partial charge in [-0.25, -0.2) is 9.97 Å². The Balaban J connectivity index is 1.74. The Morgan fingerprint density at radius 2 is 1.88 bits per heavy atom. The van der Waals surface area contributed by atoms with Crippen LogP contribution in [0.4, 0.5) is 21.6 Å². The molecule has 0 saturated heterocycles. The molecule has 26 heavy (non-hydrogen) atoms. The minimum Gasteiger partial charge on any atom is -0.378 e. The van der Waals surface area contributed by atoms with Crippen LogP contribution in [0.1, 0.15) is 19.0 Å². The average Bonchev–Trinajstić information content (AvgIpc) is 3.21. The first-order chi connectivity index (χ1) is 12.5. The average molecular weight is 386 g/mol. The van der Waals surface area contributed by atoms with E-state index in [-0.39, 0.29) is 0 Å². The smallest absolute Gasteiger partial charge is 0.187 e. The van der Waals surface area contributed by atoms with Gasteiger partial charge in [-0.15, -0.1) is 11.3 Å². The van der Waals surface area contributed by atoms with Gasteiger partial charge >= 0.3 is 0 Å². The van der Waals surface area contributed by atoms with E-state index < -0.39 is 0 Å². The van der Waals surface area contributed by atoms with Crippen molar-refractivity contribution in [2.24, 2.45) is 0 Å². The number of aromatic nitrogens is 2. The van der Waals surface area contributed by atoms with Crippen LogP contribution in [-0.2, 0) is 0 Å². The molecule has 2 aromatic heterocycles. The molecule has 0 atom stereocenters. The molecule has 0 bridgehead atoms. The van der Waals surface area contributed by atoms with Crippen molar-refractivity contribution in [3.05, 3.63) is 47.6 Å². The zero-order valence-electron chi connectivity index (χ0n) is 15.5. The van der Waals surface area contributed by atoms with Crippen LogP contribution in [0.25, 0.3) is 10.6 Å². The normalized spacial score (nSPS) is 10.6. The molecule has 2 heterocycles. The summed E-state index contributed by atoms with van der Waals surface area (Å²) in [4.78, 5) is 12.5.